The van der Waals surface area contributed by atoms with Crippen LogP contribution in [0.15, 0.2) is 30.3 Å². The zero-order valence-electron chi connectivity index (χ0n) is 13.2. The van der Waals surface area contributed by atoms with Gasteiger partial charge >= 0.3 is 0 Å². The Kier molecular flexibility index (Phi) is 5.98. The number of benzene rings is 1. The second-order valence-corrected chi connectivity index (χ2v) is 5.77. The Hall–Kier alpha value is -1.85. The van der Waals surface area contributed by atoms with Gasteiger partial charge < -0.3 is 15.5 Å². The summed E-state index contributed by atoms with van der Waals surface area (Å²) in [6.45, 7) is 4.31. The lowest BCUT2D eigenvalue weighted by atomic mass is 10.2. The third-order valence-electron chi connectivity index (χ3n) is 3.12. The molecule has 0 saturated heterocycles. The number of nitrogens with one attached hydrogen (secondary N) is 2. The predicted molar refractivity (Wildman–Crippen MR) is 92.6 cm³/mol. The largest absolute Gasteiger partial charge is 0.369 e. The highest BCUT2D eigenvalue weighted by Gasteiger charge is 2.03. The lowest BCUT2D eigenvalue weighted by molar-refractivity contribution is 0.425. The number of anilines is 2. The van der Waals surface area contributed by atoms with Gasteiger partial charge in [-0.2, -0.15) is 0 Å². The van der Waals surface area contributed by atoms with E-state index in [0.717, 1.165) is 41.1 Å². The summed E-state index contributed by atoms with van der Waals surface area (Å²) in [4.78, 5) is 10.9. The molecule has 22 heavy (non-hydrogen) atoms. The molecule has 118 valence electrons. The van der Waals surface area contributed by atoms with E-state index < -0.39 is 0 Å². The summed E-state index contributed by atoms with van der Waals surface area (Å²) in [7, 11) is 4.09. The molecule has 0 bridgehead atoms. The van der Waals surface area contributed by atoms with Crippen molar-refractivity contribution in [1.29, 1.82) is 0 Å². The Labute approximate surface area is 136 Å². The van der Waals surface area contributed by atoms with Gasteiger partial charge in [0, 0.05) is 30.7 Å². The molecule has 0 radical (unpaired) electrons. The average Bonchev–Trinajstić information content (AvgIpc) is 2.45. The normalized spacial score (nSPS) is 10.8. The number of aromatic nitrogens is 2. The third kappa shape index (κ3) is 5.16. The molecule has 0 unspecified atom stereocenters. The Bertz CT molecular complexity index is 615. The van der Waals surface area contributed by atoms with Crippen LogP contribution in [0.5, 0.6) is 0 Å². The molecule has 0 aliphatic heterocycles. The van der Waals surface area contributed by atoms with Gasteiger partial charge in [-0.25, -0.2) is 9.97 Å². The summed E-state index contributed by atoms with van der Waals surface area (Å²) >= 11 is 6.16. The van der Waals surface area contributed by atoms with Crippen LogP contribution in [-0.2, 0) is 6.54 Å². The van der Waals surface area contributed by atoms with Crippen LogP contribution < -0.4 is 10.6 Å². The van der Waals surface area contributed by atoms with Crippen molar-refractivity contribution in [2.45, 2.75) is 13.5 Å². The Morgan fingerprint density at radius 2 is 1.77 bits per heavy atom. The highest BCUT2D eigenvalue weighted by atomic mass is 35.5. The highest BCUT2D eigenvalue weighted by Crippen LogP contribution is 2.17. The van der Waals surface area contributed by atoms with Crippen molar-refractivity contribution in [2.75, 3.05) is 37.8 Å². The van der Waals surface area contributed by atoms with Crippen LogP contribution in [0.25, 0.3) is 0 Å². The van der Waals surface area contributed by atoms with E-state index >= 15 is 0 Å². The molecule has 1 aromatic carbocycles. The molecule has 0 aliphatic rings. The van der Waals surface area contributed by atoms with Gasteiger partial charge in [0.15, 0.2) is 0 Å². The zero-order chi connectivity index (χ0) is 15.9. The molecule has 6 heteroatoms. The summed E-state index contributed by atoms with van der Waals surface area (Å²) in [6.07, 6.45) is 0. The molecular formula is C16H22ClN5. The molecule has 0 amide bonds. The van der Waals surface area contributed by atoms with E-state index in [4.69, 9.17) is 11.6 Å². The topological polar surface area (TPSA) is 53.1 Å². The van der Waals surface area contributed by atoms with Crippen LogP contribution in [0.4, 0.5) is 11.6 Å². The number of rotatable bonds is 7. The monoisotopic (exact) mass is 319 g/mol. The molecule has 0 atom stereocenters. The van der Waals surface area contributed by atoms with Gasteiger partial charge in [0.1, 0.15) is 17.5 Å². The van der Waals surface area contributed by atoms with Gasteiger partial charge in [-0.1, -0.05) is 29.8 Å². The smallest absolute Gasteiger partial charge is 0.132 e. The fraction of sp³-hybridized carbons (Fsp3) is 0.375. The minimum atomic E-state index is 0.632. The van der Waals surface area contributed by atoms with Crippen molar-refractivity contribution < 1.29 is 0 Å². The lowest BCUT2D eigenvalue weighted by Gasteiger charge is -2.13. The summed E-state index contributed by atoms with van der Waals surface area (Å²) in [5, 5.41) is 7.36. The summed E-state index contributed by atoms with van der Waals surface area (Å²) in [5.41, 5.74) is 1.04. The molecular weight excluding hydrogens is 298 g/mol. The van der Waals surface area contributed by atoms with E-state index in [0.29, 0.717) is 6.54 Å². The lowest BCUT2D eigenvalue weighted by Crippen LogP contribution is -2.21. The van der Waals surface area contributed by atoms with Crippen molar-refractivity contribution in [3.8, 4) is 0 Å². The molecule has 2 rings (SSSR count). The van der Waals surface area contributed by atoms with Gasteiger partial charge in [-0.15, -0.1) is 0 Å². The average molecular weight is 320 g/mol. The molecule has 0 fully saturated rings. The van der Waals surface area contributed by atoms with E-state index in [1.54, 1.807) is 0 Å². The maximum absolute atomic E-state index is 6.16. The van der Waals surface area contributed by atoms with Gasteiger partial charge in [0.05, 0.1) is 0 Å². The Balaban J connectivity index is 1.99. The second-order valence-electron chi connectivity index (χ2n) is 5.36. The first-order chi connectivity index (χ1) is 10.5. The fourth-order valence-corrected chi connectivity index (χ4v) is 2.19. The maximum Gasteiger partial charge on any atom is 0.132 e. The Morgan fingerprint density at radius 1 is 1.09 bits per heavy atom. The zero-order valence-corrected chi connectivity index (χ0v) is 14.0. The molecule has 0 saturated carbocycles. The number of halogens is 1. The van der Waals surface area contributed by atoms with E-state index in [-0.39, 0.29) is 0 Å². The fourth-order valence-electron chi connectivity index (χ4n) is 1.98. The minimum Gasteiger partial charge on any atom is -0.369 e. The van der Waals surface area contributed by atoms with E-state index in [1.807, 2.05) is 51.4 Å². The first-order valence-electron chi connectivity index (χ1n) is 7.26. The molecule has 1 aromatic heterocycles. The molecule has 5 nitrogen and oxygen atoms in total. The van der Waals surface area contributed by atoms with Crippen LogP contribution in [0.2, 0.25) is 5.02 Å². The Morgan fingerprint density at radius 3 is 2.45 bits per heavy atom. The summed E-state index contributed by atoms with van der Waals surface area (Å²) in [5.74, 6) is 2.35. The van der Waals surface area contributed by atoms with Crippen LogP contribution in [0, 0.1) is 6.92 Å². The van der Waals surface area contributed by atoms with Gasteiger partial charge in [0.25, 0.3) is 0 Å². The molecule has 1 heterocycles. The third-order valence-corrected chi connectivity index (χ3v) is 3.49. The highest BCUT2D eigenvalue weighted by molar-refractivity contribution is 6.31. The van der Waals surface area contributed by atoms with Gasteiger partial charge in [-0.05, 0) is 32.6 Å². The summed E-state index contributed by atoms with van der Waals surface area (Å²) < 4.78 is 0. The first kappa shape index (κ1) is 16.5. The van der Waals surface area contributed by atoms with Crippen LogP contribution >= 0.6 is 11.6 Å². The quantitative estimate of drug-likeness (QED) is 0.821. The molecule has 0 aliphatic carbocycles. The maximum atomic E-state index is 6.16. The first-order valence-corrected chi connectivity index (χ1v) is 7.64. The second kappa shape index (κ2) is 7.96. The van der Waals surface area contributed by atoms with Gasteiger partial charge in [0.2, 0.25) is 0 Å². The molecule has 2 aromatic rings. The van der Waals surface area contributed by atoms with Crippen molar-refractivity contribution in [3.05, 3.63) is 46.7 Å². The number of likely N-dealkylation sites (N-methyl/N-ethyl adjacent to an activating group) is 1. The standard InChI is InChI=1S/C16H22ClN5/c1-12-20-15(18-8-9-22(2)3)10-16(21-12)19-11-13-6-4-5-7-14(13)17/h4-7,10H,8-9,11H2,1-3H3,(H2,18,19,20,21). The predicted octanol–water partition coefficient (Wildman–Crippen LogP) is 3.02. The van der Waals surface area contributed by atoms with Crippen LogP contribution in [-0.4, -0.2) is 42.1 Å². The van der Waals surface area contributed by atoms with Gasteiger partial charge in [-0.3, -0.25) is 0 Å². The molecule has 2 N–H and O–H groups in total. The van der Waals surface area contributed by atoms with Crippen LogP contribution in [0.1, 0.15) is 11.4 Å². The summed E-state index contributed by atoms with van der Waals surface area (Å²) in [6, 6.07) is 9.70. The minimum absolute atomic E-state index is 0.632. The van der Waals surface area contributed by atoms with Crippen molar-refractivity contribution in [2.24, 2.45) is 0 Å². The molecule has 0 spiro atoms. The van der Waals surface area contributed by atoms with E-state index in [9.17, 15) is 0 Å². The SMILES string of the molecule is Cc1nc(NCCN(C)C)cc(NCc2ccccc2Cl)n1. The van der Waals surface area contributed by atoms with Crippen molar-refractivity contribution in [3.63, 3.8) is 0 Å². The number of aryl methyl sites for hydroxylation is 1. The van der Waals surface area contributed by atoms with Crippen molar-refractivity contribution in [1.82, 2.24) is 14.9 Å². The number of hydrogen-bond acceptors (Lipinski definition) is 5. The number of hydrogen-bond donors (Lipinski definition) is 2. The van der Waals surface area contributed by atoms with Crippen LogP contribution in [0.3, 0.4) is 0 Å². The van der Waals surface area contributed by atoms with Crippen molar-refractivity contribution >= 4 is 23.2 Å². The van der Waals surface area contributed by atoms with E-state index in [1.165, 1.54) is 0 Å². The number of nitrogens with zero attached hydrogens (tertiary/aromatic N) is 3. The van der Waals surface area contributed by atoms with E-state index in [2.05, 4.69) is 25.5 Å².